The predicted octanol–water partition coefficient (Wildman–Crippen LogP) is 2.71. The Morgan fingerprint density at radius 3 is 2.83 bits per heavy atom. The highest BCUT2D eigenvalue weighted by Gasteiger charge is 2.17. The van der Waals surface area contributed by atoms with Gasteiger partial charge in [0.25, 0.3) is 5.69 Å². The Labute approximate surface area is 110 Å². The third kappa shape index (κ3) is 4.35. The predicted molar refractivity (Wildman–Crippen MR) is 71.3 cm³/mol. The van der Waals surface area contributed by atoms with Crippen molar-refractivity contribution in [2.45, 2.75) is 30.2 Å². The molecule has 1 atom stereocenters. The fraction of sp³-hybridized carbons (Fsp3) is 0.417. The molecule has 0 amide bonds. The molecule has 96 valence electrons. The zero-order valence-electron chi connectivity index (χ0n) is 10.1. The van der Waals surface area contributed by atoms with E-state index in [0.29, 0.717) is 17.1 Å². The number of rotatable bonds is 6. The Balaban J connectivity index is 2.50. The van der Waals surface area contributed by atoms with Gasteiger partial charge in [-0.05, 0) is 31.6 Å². The van der Waals surface area contributed by atoms with Crippen molar-refractivity contribution in [1.82, 2.24) is 0 Å². The van der Waals surface area contributed by atoms with E-state index < -0.39 is 5.54 Å². The minimum absolute atomic E-state index is 0.123. The Morgan fingerprint density at radius 2 is 2.22 bits per heavy atom. The zero-order chi connectivity index (χ0) is 13.6. The Morgan fingerprint density at radius 1 is 1.56 bits per heavy atom. The lowest BCUT2D eigenvalue weighted by molar-refractivity contribution is -0.387. The van der Waals surface area contributed by atoms with Gasteiger partial charge in [0, 0.05) is 6.07 Å². The molecule has 6 heteroatoms. The van der Waals surface area contributed by atoms with Gasteiger partial charge in [0.15, 0.2) is 0 Å². The van der Waals surface area contributed by atoms with Gasteiger partial charge in [-0.3, -0.25) is 10.1 Å². The van der Waals surface area contributed by atoms with Gasteiger partial charge in [-0.1, -0.05) is 12.1 Å². The van der Waals surface area contributed by atoms with E-state index in [2.05, 4.69) is 0 Å². The van der Waals surface area contributed by atoms with E-state index in [1.54, 1.807) is 25.1 Å². The molecular formula is C12H15N3O2S. The van der Waals surface area contributed by atoms with Crippen molar-refractivity contribution in [2.75, 3.05) is 5.75 Å². The van der Waals surface area contributed by atoms with Crippen LogP contribution >= 0.6 is 11.8 Å². The lowest BCUT2D eigenvalue weighted by Gasteiger charge is -2.14. The summed E-state index contributed by atoms with van der Waals surface area (Å²) in [7, 11) is 0. The average Bonchev–Trinajstić information content (AvgIpc) is 2.35. The van der Waals surface area contributed by atoms with Crippen LogP contribution in [0.2, 0.25) is 0 Å². The third-order valence-electron chi connectivity index (χ3n) is 2.42. The molecule has 1 rings (SSSR count). The fourth-order valence-corrected chi connectivity index (χ4v) is 2.38. The number of hydrogen-bond acceptors (Lipinski definition) is 5. The first-order chi connectivity index (χ1) is 8.46. The molecule has 0 aromatic heterocycles. The van der Waals surface area contributed by atoms with E-state index in [-0.39, 0.29) is 10.6 Å². The molecule has 0 aliphatic rings. The van der Waals surface area contributed by atoms with Gasteiger partial charge >= 0.3 is 0 Å². The molecule has 5 nitrogen and oxygen atoms in total. The first-order valence-electron chi connectivity index (χ1n) is 5.52. The van der Waals surface area contributed by atoms with Gasteiger partial charge in [-0.15, -0.1) is 11.8 Å². The summed E-state index contributed by atoms with van der Waals surface area (Å²) in [6.07, 6.45) is 1.33. The molecular weight excluding hydrogens is 250 g/mol. The summed E-state index contributed by atoms with van der Waals surface area (Å²) in [5.41, 5.74) is 5.00. The van der Waals surface area contributed by atoms with E-state index in [1.165, 1.54) is 17.8 Å². The molecule has 0 aliphatic heterocycles. The minimum atomic E-state index is -0.816. The second kappa shape index (κ2) is 6.38. The first-order valence-corrected chi connectivity index (χ1v) is 6.51. The number of nitrogens with two attached hydrogens (primary N) is 1. The van der Waals surface area contributed by atoms with Crippen molar-refractivity contribution in [3.8, 4) is 6.07 Å². The number of para-hydroxylation sites is 1. The maximum Gasteiger partial charge on any atom is 0.282 e. The Kier molecular flexibility index (Phi) is 5.13. The van der Waals surface area contributed by atoms with Crippen LogP contribution in [-0.4, -0.2) is 16.2 Å². The summed E-state index contributed by atoms with van der Waals surface area (Å²) in [5, 5.41) is 19.5. The van der Waals surface area contributed by atoms with Gasteiger partial charge in [0.05, 0.1) is 15.9 Å². The van der Waals surface area contributed by atoms with Crippen LogP contribution in [0.5, 0.6) is 0 Å². The highest BCUT2D eigenvalue weighted by atomic mass is 32.2. The Hall–Kier alpha value is -1.58. The standard InChI is InChI=1S/C12H15N3O2S/c1-12(14,9-13)7-4-8-18-11-6-3-2-5-10(11)15(16)17/h2-3,5-6H,4,7-8,14H2,1H3. The summed E-state index contributed by atoms with van der Waals surface area (Å²) < 4.78 is 0. The van der Waals surface area contributed by atoms with Crippen molar-refractivity contribution in [3.63, 3.8) is 0 Å². The molecule has 0 spiro atoms. The number of nitro groups is 1. The van der Waals surface area contributed by atoms with Crippen LogP contribution in [-0.2, 0) is 0 Å². The summed E-state index contributed by atoms with van der Waals surface area (Å²) in [4.78, 5) is 11.1. The number of thioether (sulfide) groups is 1. The van der Waals surface area contributed by atoms with Crippen LogP contribution in [0.15, 0.2) is 29.2 Å². The van der Waals surface area contributed by atoms with Gasteiger partial charge in [-0.25, -0.2) is 0 Å². The minimum Gasteiger partial charge on any atom is -0.314 e. The highest BCUT2D eigenvalue weighted by Crippen LogP contribution is 2.29. The molecule has 0 aliphatic carbocycles. The normalized spacial score (nSPS) is 13.6. The summed E-state index contributed by atoms with van der Waals surface area (Å²) in [5.74, 6) is 0.708. The number of nitrogens with zero attached hydrogens (tertiary/aromatic N) is 2. The molecule has 0 saturated heterocycles. The van der Waals surface area contributed by atoms with E-state index in [1.807, 2.05) is 6.07 Å². The van der Waals surface area contributed by atoms with Crippen molar-refractivity contribution < 1.29 is 4.92 Å². The number of nitriles is 1. The van der Waals surface area contributed by atoms with Crippen LogP contribution in [0.1, 0.15) is 19.8 Å². The van der Waals surface area contributed by atoms with E-state index in [9.17, 15) is 10.1 Å². The number of hydrogen-bond donors (Lipinski definition) is 1. The number of benzene rings is 1. The molecule has 0 saturated carbocycles. The van der Waals surface area contributed by atoms with Crippen molar-refractivity contribution in [2.24, 2.45) is 5.73 Å². The lowest BCUT2D eigenvalue weighted by Crippen LogP contribution is -2.33. The maximum absolute atomic E-state index is 10.8. The second-order valence-electron chi connectivity index (χ2n) is 4.21. The molecule has 0 bridgehead atoms. The zero-order valence-corrected chi connectivity index (χ0v) is 10.9. The van der Waals surface area contributed by atoms with E-state index >= 15 is 0 Å². The van der Waals surface area contributed by atoms with E-state index in [0.717, 1.165) is 6.42 Å². The van der Waals surface area contributed by atoms with Gasteiger partial charge in [-0.2, -0.15) is 5.26 Å². The largest absolute Gasteiger partial charge is 0.314 e. The maximum atomic E-state index is 10.8. The Bertz CT molecular complexity index is 469. The molecule has 1 aromatic rings. The SMILES string of the molecule is CC(N)(C#N)CCCSc1ccccc1[N+](=O)[O-]. The topological polar surface area (TPSA) is 93.0 Å². The van der Waals surface area contributed by atoms with Crippen LogP contribution in [0.25, 0.3) is 0 Å². The third-order valence-corrected chi connectivity index (χ3v) is 3.56. The summed E-state index contributed by atoms with van der Waals surface area (Å²) in [6, 6.07) is 8.67. The molecule has 0 radical (unpaired) electrons. The first kappa shape index (κ1) is 14.5. The number of nitro benzene ring substituents is 1. The van der Waals surface area contributed by atoms with Crippen molar-refractivity contribution in [1.29, 1.82) is 5.26 Å². The van der Waals surface area contributed by atoms with Crippen LogP contribution in [0, 0.1) is 21.4 Å². The molecule has 1 aromatic carbocycles. The van der Waals surface area contributed by atoms with Gasteiger partial charge in [0.1, 0.15) is 5.54 Å². The molecule has 0 heterocycles. The van der Waals surface area contributed by atoms with E-state index in [4.69, 9.17) is 11.0 Å². The molecule has 1 unspecified atom stereocenters. The second-order valence-corrected chi connectivity index (χ2v) is 5.34. The van der Waals surface area contributed by atoms with Crippen LogP contribution in [0.3, 0.4) is 0 Å². The summed E-state index contributed by atoms with van der Waals surface area (Å²) in [6.45, 7) is 1.68. The van der Waals surface area contributed by atoms with Crippen molar-refractivity contribution >= 4 is 17.4 Å². The average molecular weight is 265 g/mol. The quantitative estimate of drug-likeness (QED) is 0.369. The van der Waals surface area contributed by atoms with Crippen molar-refractivity contribution in [3.05, 3.63) is 34.4 Å². The lowest BCUT2D eigenvalue weighted by atomic mass is 10.0. The van der Waals surface area contributed by atoms with Gasteiger partial charge in [0.2, 0.25) is 0 Å². The molecule has 2 N–H and O–H groups in total. The smallest absolute Gasteiger partial charge is 0.282 e. The summed E-state index contributed by atoms with van der Waals surface area (Å²) >= 11 is 1.42. The molecule has 18 heavy (non-hydrogen) atoms. The van der Waals surface area contributed by atoms with Gasteiger partial charge < -0.3 is 5.73 Å². The fourth-order valence-electron chi connectivity index (χ4n) is 1.41. The van der Waals surface area contributed by atoms with Crippen LogP contribution in [0.4, 0.5) is 5.69 Å². The molecule has 0 fully saturated rings. The monoisotopic (exact) mass is 265 g/mol. The van der Waals surface area contributed by atoms with Crippen LogP contribution < -0.4 is 5.73 Å². The highest BCUT2D eigenvalue weighted by molar-refractivity contribution is 7.99.